The number of ether oxygens (including phenoxy) is 1. The van der Waals surface area contributed by atoms with Crippen LogP contribution in [0.1, 0.15) is 95.0 Å². The number of benzene rings is 2. The van der Waals surface area contributed by atoms with Crippen LogP contribution in [0.2, 0.25) is 5.02 Å². The first-order chi connectivity index (χ1) is 18.8. The maximum atomic E-state index is 14.2. The minimum atomic E-state index is -0.932. The second-order valence-electron chi connectivity index (χ2n) is 11.4. The van der Waals surface area contributed by atoms with E-state index in [4.69, 9.17) is 16.3 Å². The number of aryl methyl sites for hydroxylation is 3. The monoisotopic (exact) mass is 571 g/mol. The van der Waals surface area contributed by atoms with Crippen LogP contribution in [0.4, 0.5) is 10.5 Å². The average molecular weight is 572 g/mol. The lowest BCUT2D eigenvalue weighted by molar-refractivity contribution is -0.140. The first-order valence-corrected chi connectivity index (χ1v) is 14.6. The second-order valence-corrected chi connectivity index (χ2v) is 11.8. The first-order valence-electron chi connectivity index (χ1n) is 14.2. The quantitative estimate of drug-likeness (QED) is 0.256. The minimum absolute atomic E-state index is 0.357. The van der Waals surface area contributed by atoms with E-state index >= 15 is 0 Å². The molecule has 220 valence electrons. The Morgan fingerprint density at radius 3 is 2.08 bits per heavy atom. The molecule has 7 nitrogen and oxygen atoms in total. The van der Waals surface area contributed by atoms with Crippen molar-refractivity contribution in [2.45, 2.75) is 105 Å². The Kier molecular flexibility index (Phi) is 12.5. The van der Waals surface area contributed by atoms with Crippen LogP contribution >= 0.6 is 11.6 Å². The Morgan fingerprint density at radius 2 is 1.50 bits per heavy atom. The summed E-state index contributed by atoms with van der Waals surface area (Å²) < 4.78 is 5.39. The number of amides is 3. The van der Waals surface area contributed by atoms with Crippen LogP contribution in [0.5, 0.6) is 0 Å². The predicted molar refractivity (Wildman–Crippen MR) is 163 cm³/mol. The van der Waals surface area contributed by atoms with Crippen LogP contribution in [0.25, 0.3) is 0 Å². The molecule has 3 amide bonds. The van der Waals surface area contributed by atoms with Crippen LogP contribution in [0.15, 0.2) is 36.4 Å². The molecule has 0 saturated heterocycles. The molecule has 2 atom stereocenters. The third kappa shape index (κ3) is 9.54. The fourth-order valence-electron chi connectivity index (χ4n) is 4.72. The number of nitrogens with zero attached hydrogens (tertiary/aromatic N) is 1. The molecule has 0 fully saturated rings. The summed E-state index contributed by atoms with van der Waals surface area (Å²) in [6.07, 6.45) is 4.22. The van der Waals surface area contributed by atoms with E-state index in [2.05, 4.69) is 17.6 Å². The molecule has 0 aliphatic carbocycles. The summed E-state index contributed by atoms with van der Waals surface area (Å²) in [6.45, 7) is 15.2. The highest BCUT2D eigenvalue weighted by molar-refractivity contribution is 6.34. The average Bonchev–Trinajstić information content (AvgIpc) is 2.85. The van der Waals surface area contributed by atoms with Gasteiger partial charge in [0.2, 0.25) is 5.91 Å². The van der Waals surface area contributed by atoms with Gasteiger partial charge in [0, 0.05) is 6.54 Å². The zero-order chi connectivity index (χ0) is 30.0. The molecular weight excluding hydrogens is 526 g/mol. The van der Waals surface area contributed by atoms with E-state index in [0.717, 1.165) is 54.4 Å². The van der Waals surface area contributed by atoms with Crippen molar-refractivity contribution in [3.05, 3.63) is 63.7 Å². The van der Waals surface area contributed by atoms with Gasteiger partial charge in [0.05, 0.1) is 10.7 Å². The lowest BCUT2D eigenvalue weighted by atomic mass is 9.93. The van der Waals surface area contributed by atoms with Crippen molar-refractivity contribution in [2.75, 3.05) is 11.9 Å². The standard InChI is InChI=1S/C32H46ClN3O4/c1-9-10-11-12-13-20-36(30(38)24(5)34-31(39)40-32(6,7)8)28(26-21(2)16-14-17-22(26)3)29(37)35-27-23(4)18-15-19-25(27)33/h14-19,24,28H,9-13,20H2,1-8H3,(H,34,39)(H,35,37). The van der Waals surface area contributed by atoms with Crippen molar-refractivity contribution in [1.82, 2.24) is 10.2 Å². The van der Waals surface area contributed by atoms with Crippen LogP contribution in [0.3, 0.4) is 0 Å². The highest BCUT2D eigenvalue weighted by Gasteiger charge is 2.36. The summed E-state index contributed by atoms with van der Waals surface area (Å²) in [5.41, 5.74) is 3.18. The number of rotatable bonds is 12. The number of carbonyl (C=O) groups is 3. The normalized spacial score (nSPS) is 12.8. The smallest absolute Gasteiger partial charge is 0.408 e. The molecule has 2 aromatic rings. The molecule has 2 N–H and O–H groups in total. The third-order valence-corrected chi connectivity index (χ3v) is 7.05. The fraction of sp³-hybridized carbons (Fsp3) is 0.531. The van der Waals surface area contributed by atoms with E-state index in [1.807, 2.05) is 51.1 Å². The van der Waals surface area contributed by atoms with Crippen LogP contribution < -0.4 is 10.6 Å². The molecule has 0 spiro atoms. The van der Waals surface area contributed by atoms with Gasteiger partial charge >= 0.3 is 6.09 Å². The van der Waals surface area contributed by atoms with Crippen molar-refractivity contribution in [3.8, 4) is 0 Å². The number of nitrogens with one attached hydrogen (secondary N) is 2. The van der Waals surface area contributed by atoms with E-state index in [-0.39, 0.29) is 11.8 Å². The lowest BCUT2D eigenvalue weighted by Gasteiger charge is -2.35. The molecule has 0 bridgehead atoms. The van der Waals surface area contributed by atoms with Gasteiger partial charge in [-0.25, -0.2) is 4.79 Å². The SMILES string of the molecule is CCCCCCCN(C(=O)C(C)NC(=O)OC(C)(C)C)C(C(=O)Nc1c(C)cccc1Cl)c1c(C)cccc1C. The van der Waals surface area contributed by atoms with E-state index in [1.165, 1.54) is 0 Å². The molecule has 2 rings (SSSR count). The molecule has 0 heterocycles. The molecule has 8 heteroatoms. The summed E-state index contributed by atoms with van der Waals surface area (Å²) in [6, 6.07) is 9.40. The Labute approximate surface area is 245 Å². The van der Waals surface area contributed by atoms with E-state index in [0.29, 0.717) is 17.3 Å². The second kappa shape index (κ2) is 15.1. The summed E-state index contributed by atoms with van der Waals surface area (Å²) >= 11 is 6.46. The number of halogens is 1. The van der Waals surface area contributed by atoms with Crippen molar-refractivity contribution < 1.29 is 19.1 Å². The molecule has 0 aromatic heterocycles. The van der Waals surface area contributed by atoms with Crippen molar-refractivity contribution in [2.24, 2.45) is 0 Å². The fourth-order valence-corrected chi connectivity index (χ4v) is 4.99. The van der Waals surface area contributed by atoms with Gasteiger partial charge in [-0.3, -0.25) is 9.59 Å². The number of unbranched alkanes of at least 4 members (excludes halogenated alkanes) is 4. The molecule has 2 unspecified atom stereocenters. The van der Waals surface area contributed by atoms with Crippen LogP contribution in [-0.4, -0.2) is 41.0 Å². The number of hydrogen-bond acceptors (Lipinski definition) is 4. The third-order valence-electron chi connectivity index (χ3n) is 6.74. The Hall–Kier alpha value is -3.06. The number of carbonyl (C=O) groups excluding carboxylic acids is 3. The molecule has 0 saturated carbocycles. The van der Waals surface area contributed by atoms with Gasteiger partial charge < -0.3 is 20.3 Å². The van der Waals surface area contributed by atoms with Crippen molar-refractivity contribution in [1.29, 1.82) is 0 Å². The number of hydrogen-bond donors (Lipinski definition) is 2. The molecule has 40 heavy (non-hydrogen) atoms. The zero-order valence-corrected chi connectivity index (χ0v) is 26.1. The Morgan fingerprint density at radius 1 is 0.925 bits per heavy atom. The summed E-state index contributed by atoms with van der Waals surface area (Å²) in [4.78, 5) is 42.3. The highest BCUT2D eigenvalue weighted by atomic mass is 35.5. The lowest BCUT2D eigenvalue weighted by Crippen LogP contribution is -2.51. The van der Waals surface area contributed by atoms with Gasteiger partial charge in [-0.1, -0.05) is 74.5 Å². The predicted octanol–water partition coefficient (Wildman–Crippen LogP) is 7.66. The summed E-state index contributed by atoms with van der Waals surface area (Å²) in [7, 11) is 0. The molecule has 2 aromatic carbocycles. The summed E-state index contributed by atoms with van der Waals surface area (Å²) in [5.74, 6) is -0.722. The van der Waals surface area contributed by atoms with Gasteiger partial charge in [0.15, 0.2) is 0 Å². The largest absolute Gasteiger partial charge is 0.444 e. The van der Waals surface area contributed by atoms with Gasteiger partial charge in [0.1, 0.15) is 17.7 Å². The van der Waals surface area contributed by atoms with Crippen molar-refractivity contribution in [3.63, 3.8) is 0 Å². The van der Waals surface area contributed by atoms with Crippen LogP contribution in [0, 0.1) is 20.8 Å². The summed E-state index contributed by atoms with van der Waals surface area (Å²) in [5, 5.41) is 6.10. The van der Waals surface area contributed by atoms with Gasteiger partial charge in [-0.15, -0.1) is 0 Å². The van der Waals surface area contributed by atoms with Gasteiger partial charge in [-0.05, 0) is 83.2 Å². The number of para-hydroxylation sites is 1. The molecular formula is C32H46ClN3O4. The highest BCUT2D eigenvalue weighted by Crippen LogP contribution is 2.32. The Balaban J connectivity index is 2.53. The molecule has 0 radical (unpaired) electrons. The molecule has 0 aliphatic heterocycles. The first kappa shape index (κ1) is 33.1. The number of alkyl carbamates (subject to hydrolysis) is 1. The van der Waals surface area contributed by atoms with Gasteiger partial charge in [0.25, 0.3) is 5.91 Å². The van der Waals surface area contributed by atoms with E-state index in [1.54, 1.807) is 38.7 Å². The minimum Gasteiger partial charge on any atom is -0.444 e. The van der Waals surface area contributed by atoms with Crippen molar-refractivity contribution >= 4 is 35.2 Å². The number of anilines is 1. The van der Waals surface area contributed by atoms with Crippen LogP contribution in [-0.2, 0) is 14.3 Å². The van der Waals surface area contributed by atoms with Gasteiger partial charge in [-0.2, -0.15) is 0 Å². The molecule has 0 aliphatic rings. The van der Waals surface area contributed by atoms with E-state index < -0.39 is 23.8 Å². The zero-order valence-electron chi connectivity index (χ0n) is 25.3. The maximum Gasteiger partial charge on any atom is 0.408 e. The topological polar surface area (TPSA) is 87.7 Å². The van der Waals surface area contributed by atoms with E-state index in [9.17, 15) is 14.4 Å². The Bertz CT molecular complexity index is 1130. The maximum absolute atomic E-state index is 14.2.